The van der Waals surface area contributed by atoms with Gasteiger partial charge in [0, 0.05) is 6.08 Å². The summed E-state index contributed by atoms with van der Waals surface area (Å²) >= 11 is 0. The molecule has 0 spiro atoms. The number of aliphatic carboxylic acids is 1. The molecule has 114 valence electrons. The zero-order valence-corrected chi connectivity index (χ0v) is 12.7. The summed E-state index contributed by atoms with van der Waals surface area (Å²) in [6, 6.07) is 13.1. The number of anilines is 1. The van der Waals surface area contributed by atoms with Gasteiger partial charge >= 0.3 is 5.97 Å². The molecule has 0 aliphatic rings. The molecule has 2 aromatic carbocycles. The second-order valence-electron chi connectivity index (χ2n) is 4.68. The van der Waals surface area contributed by atoms with Gasteiger partial charge in [-0.1, -0.05) is 30.3 Å². The van der Waals surface area contributed by atoms with Gasteiger partial charge in [-0.05, 0) is 42.3 Å². The van der Waals surface area contributed by atoms with Gasteiger partial charge < -0.3 is 5.11 Å². The van der Waals surface area contributed by atoms with Crippen LogP contribution in [0, 0.1) is 6.92 Å². The van der Waals surface area contributed by atoms with Crippen molar-refractivity contribution in [2.45, 2.75) is 11.8 Å². The summed E-state index contributed by atoms with van der Waals surface area (Å²) in [6.07, 6.45) is 2.32. The fraction of sp³-hybridized carbons (Fsp3) is 0.0625. The Morgan fingerprint density at radius 2 is 1.82 bits per heavy atom. The maximum absolute atomic E-state index is 12.4. The van der Waals surface area contributed by atoms with E-state index in [0.29, 0.717) is 11.3 Å². The van der Waals surface area contributed by atoms with E-state index in [2.05, 4.69) is 4.72 Å². The van der Waals surface area contributed by atoms with Crippen molar-refractivity contribution in [1.82, 2.24) is 0 Å². The molecule has 0 saturated heterocycles. The highest BCUT2D eigenvalue weighted by molar-refractivity contribution is 7.92. The average Bonchev–Trinajstić information content (AvgIpc) is 2.47. The van der Waals surface area contributed by atoms with Gasteiger partial charge in [0.2, 0.25) is 0 Å². The predicted molar refractivity (Wildman–Crippen MR) is 85.1 cm³/mol. The van der Waals surface area contributed by atoms with E-state index in [0.717, 1.165) is 11.6 Å². The van der Waals surface area contributed by atoms with Crippen molar-refractivity contribution in [3.8, 4) is 0 Å². The van der Waals surface area contributed by atoms with Gasteiger partial charge in [-0.25, -0.2) is 13.2 Å². The number of carboxylic acids is 1. The van der Waals surface area contributed by atoms with E-state index in [4.69, 9.17) is 5.11 Å². The Bertz CT molecular complexity index is 811. The molecule has 22 heavy (non-hydrogen) atoms. The molecular weight excluding hydrogens is 302 g/mol. The van der Waals surface area contributed by atoms with Crippen molar-refractivity contribution in [2.24, 2.45) is 0 Å². The van der Waals surface area contributed by atoms with Gasteiger partial charge in [-0.2, -0.15) is 0 Å². The summed E-state index contributed by atoms with van der Waals surface area (Å²) in [4.78, 5) is 10.8. The summed E-state index contributed by atoms with van der Waals surface area (Å²) in [7, 11) is -3.72. The van der Waals surface area contributed by atoms with E-state index in [-0.39, 0.29) is 4.90 Å². The molecule has 6 heteroatoms. The number of rotatable bonds is 5. The smallest absolute Gasteiger partial charge is 0.328 e. The first kappa shape index (κ1) is 15.8. The molecule has 0 bridgehead atoms. The molecule has 5 nitrogen and oxygen atoms in total. The Kier molecular flexibility index (Phi) is 4.62. The van der Waals surface area contributed by atoms with Crippen molar-refractivity contribution in [3.05, 3.63) is 65.7 Å². The van der Waals surface area contributed by atoms with E-state index >= 15 is 0 Å². The third kappa shape index (κ3) is 3.95. The highest BCUT2D eigenvalue weighted by Crippen LogP contribution is 2.22. The normalized spacial score (nSPS) is 11.5. The molecular formula is C16H15NO4S. The van der Waals surface area contributed by atoms with Crippen molar-refractivity contribution < 1.29 is 18.3 Å². The second kappa shape index (κ2) is 6.44. The Hall–Kier alpha value is -2.60. The largest absolute Gasteiger partial charge is 0.478 e. The quantitative estimate of drug-likeness (QED) is 0.831. The highest BCUT2D eigenvalue weighted by Gasteiger charge is 2.15. The standard InChI is InChI=1S/C16H15NO4S/c1-12-7-8-13(9-10-16(18)19)15(11-12)17-22(20,21)14-5-3-2-4-6-14/h2-11,17H,1H3,(H,18,19)/b10-9+. The molecule has 0 amide bonds. The van der Waals surface area contributed by atoms with Gasteiger partial charge in [-0.15, -0.1) is 0 Å². The number of benzene rings is 2. The highest BCUT2D eigenvalue weighted by atomic mass is 32.2. The van der Waals surface area contributed by atoms with Crippen LogP contribution in [0.2, 0.25) is 0 Å². The lowest BCUT2D eigenvalue weighted by atomic mass is 10.1. The van der Waals surface area contributed by atoms with Crippen LogP contribution in [0.3, 0.4) is 0 Å². The lowest BCUT2D eigenvalue weighted by Gasteiger charge is -2.11. The number of carboxylic acid groups (broad SMARTS) is 1. The van der Waals surface area contributed by atoms with Crippen LogP contribution in [0.15, 0.2) is 59.5 Å². The van der Waals surface area contributed by atoms with Crippen LogP contribution in [-0.4, -0.2) is 19.5 Å². The van der Waals surface area contributed by atoms with Crippen molar-refractivity contribution in [1.29, 1.82) is 0 Å². The lowest BCUT2D eigenvalue weighted by Crippen LogP contribution is -2.13. The third-order valence-corrected chi connectivity index (χ3v) is 4.29. The van der Waals surface area contributed by atoms with Crippen molar-refractivity contribution >= 4 is 27.8 Å². The minimum atomic E-state index is -3.72. The first-order valence-corrected chi connectivity index (χ1v) is 7.96. The molecule has 0 aliphatic heterocycles. The number of carbonyl (C=O) groups is 1. The van der Waals surface area contributed by atoms with E-state index < -0.39 is 16.0 Å². The number of hydrogen-bond donors (Lipinski definition) is 2. The van der Waals surface area contributed by atoms with Crippen LogP contribution in [0.4, 0.5) is 5.69 Å². The molecule has 0 fully saturated rings. The minimum Gasteiger partial charge on any atom is -0.478 e. The Balaban J connectivity index is 2.40. The zero-order chi connectivity index (χ0) is 16.2. The maximum Gasteiger partial charge on any atom is 0.328 e. The van der Waals surface area contributed by atoms with Crippen LogP contribution in [0.5, 0.6) is 0 Å². The van der Waals surface area contributed by atoms with Gasteiger partial charge in [0.1, 0.15) is 0 Å². The SMILES string of the molecule is Cc1ccc(/C=C/C(=O)O)c(NS(=O)(=O)c2ccccc2)c1. The number of sulfonamides is 1. The van der Waals surface area contributed by atoms with E-state index in [1.807, 2.05) is 6.92 Å². The number of aryl methyl sites for hydroxylation is 1. The van der Waals surface area contributed by atoms with E-state index in [1.54, 1.807) is 36.4 Å². The number of hydrogen-bond acceptors (Lipinski definition) is 3. The minimum absolute atomic E-state index is 0.143. The zero-order valence-electron chi connectivity index (χ0n) is 11.9. The summed E-state index contributed by atoms with van der Waals surface area (Å²) < 4.78 is 27.2. The molecule has 2 aromatic rings. The predicted octanol–water partition coefficient (Wildman–Crippen LogP) is 2.89. The average molecular weight is 317 g/mol. The van der Waals surface area contributed by atoms with E-state index in [9.17, 15) is 13.2 Å². The van der Waals surface area contributed by atoms with Crippen LogP contribution >= 0.6 is 0 Å². The summed E-state index contributed by atoms with van der Waals surface area (Å²) in [5, 5.41) is 8.71. The molecule has 0 aromatic heterocycles. The van der Waals surface area contributed by atoms with Crippen LogP contribution < -0.4 is 4.72 Å². The Labute approximate surface area is 129 Å². The first-order valence-electron chi connectivity index (χ1n) is 6.48. The molecule has 2 rings (SSSR count). The fourth-order valence-electron chi connectivity index (χ4n) is 1.87. The van der Waals surface area contributed by atoms with Crippen LogP contribution in [0.25, 0.3) is 6.08 Å². The van der Waals surface area contributed by atoms with Crippen LogP contribution in [0.1, 0.15) is 11.1 Å². The van der Waals surface area contributed by atoms with Gasteiger partial charge in [0.05, 0.1) is 10.6 Å². The van der Waals surface area contributed by atoms with Crippen LogP contribution in [-0.2, 0) is 14.8 Å². The Morgan fingerprint density at radius 3 is 2.45 bits per heavy atom. The number of nitrogens with one attached hydrogen (secondary N) is 1. The van der Waals surface area contributed by atoms with Gasteiger partial charge in [-0.3, -0.25) is 4.72 Å². The molecule has 0 radical (unpaired) electrons. The van der Waals surface area contributed by atoms with Gasteiger partial charge in [0.15, 0.2) is 0 Å². The van der Waals surface area contributed by atoms with Gasteiger partial charge in [0.25, 0.3) is 10.0 Å². The van der Waals surface area contributed by atoms with Crippen molar-refractivity contribution in [2.75, 3.05) is 4.72 Å². The molecule has 2 N–H and O–H groups in total. The second-order valence-corrected chi connectivity index (χ2v) is 6.36. The topological polar surface area (TPSA) is 83.5 Å². The summed E-state index contributed by atoms with van der Waals surface area (Å²) in [5.41, 5.74) is 1.67. The fourth-order valence-corrected chi connectivity index (χ4v) is 2.97. The molecule has 0 aliphatic carbocycles. The lowest BCUT2D eigenvalue weighted by molar-refractivity contribution is -0.131. The maximum atomic E-state index is 12.4. The molecule has 0 unspecified atom stereocenters. The molecule has 0 saturated carbocycles. The Morgan fingerprint density at radius 1 is 1.14 bits per heavy atom. The monoisotopic (exact) mass is 317 g/mol. The van der Waals surface area contributed by atoms with Crippen molar-refractivity contribution in [3.63, 3.8) is 0 Å². The summed E-state index contributed by atoms with van der Waals surface area (Å²) in [6.45, 7) is 1.82. The molecule has 0 atom stereocenters. The summed E-state index contributed by atoms with van der Waals surface area (Å²) in [5.74, 6) is -1.10. The third-order valence-electron chi connectivity index (χ3n) is 2.91. The molecule has 0 heterocycles. The van der Waals surface area contributed by atoms with E-state index in [1.165, 1.54) is 18.2 Å². The first-order chi connectivity index (χ1) is 10.4.